The van der Waals surface area contributed by atoms with E-state index in [1.54, 1.807) is 0 Å². The lowest BCUT2D eigenvalue weighted by molar-refractivity contribution is 0.0724. The van der Waals surface area contributed by atoms with Crippen LogP contribution in [0.15, 0.2) is 24.3 Å². The third kappa shape index (κ3) is 2.88. The van der Waals surface area contributed by atoms with E-state index in [2.05, 4.69) is 5.10 Å². The monoisotopic (exact) mass is 337 g/mol. The second kappa shape index (κ2) is 6.47. The number of amides is 1. The average molecular weight is 337 g/mol. The highest BCUT2D eigenvalue weighted by Crippen LogP contribution is 2.26. The van der Waals surface area contributed by atoms with Crippen LogP contribution < -0.4 is 0 Å². The molecule has 1 fully saturated rings. The number of Topliss-reactive ketones (excluding diaryl/α,β-unsaturated/α-hetero) is 1. The number of ketones is 1. The Morgan fingerprint density at radius 2 is 1.72 bits per heavy atom. The topological polar surface area (TPSA) is 55.2 Å². The molecule has 5 nitrogen and oxygen atoms in total. The summed E-state index contributed by atoms with van der Waals surface area (Å²) in [6.07, 6.45) is 5.76. The molecule has 25 heavy (non-hydrogen) atoms. The zero-order valence-corrected chi connectivity index (χ0v) is 14.6. The van der Waals surface area contributed by atoms with E-state index in [1.807, 2.05) is 40.8 Å². The standard InChI is InChI=1S/C20H23N3O2/c1-14-19-17(6-5-7-18(19)24)23(21-14)16-10-8-15(9-11-16)20(25)22-12-3-2-4-13-22/h8-11H,2-7,12-13H2,1H3. The quantitative estimate of drug-likeness (QED) is 0.845. The molecule has 0 unspecified atom stereocenters. The molecule has 0 bridgehead atoms. The van der Waals surface area contributed by atoms with Crippen LogP contribution in [-0.2, 0) is 6.42 Å². The van der Waals surface area contributed by atoms with Crippen molar-refractivity contribution >= 4 is 11.7 Å². The fourth-order valence-electron chi connectivity index (χ4n) is 3.95. The summed E-state index contributed by atoms with van der Waals surface area (Å²) in [5.41, 5.74) is 4.23. The Balaban J connectivity index is 1.62. The maximum absolute atomic E-state index is 12.6. The Hall–Kier alpha value is -2.43. The van der Waals surface area contributed by atoms with Crippen molar-refractivity contribution in [3.63, 3.8) is 0 Å². The largest absolute Gasteiger partial charge is 0.339 e. The number of fused-ring (bicyclic) bond motifs is 1. The van der Waals surface area contributed by atoms with Crippen molar-refractivity contribution in [2.75, 3.05) is 13.1 Å². The Morgan fingerprint density at radius 1 is 1.00 bits per heavy atom. The molecule has 130 valence electrons. The number of hydrogen-bond donors (Lipinski definition) is 0. The molecule has 1 aromatic carbocycles. The highest BCUT2D eigenvalue weighted by molar-refractivity contribution is 5.99. The van der Waals surface area contributed by atoms with E-state index in [0.717, 1.165) is 67.0 Å². The van der Waals surface area contributed by atoms with Crippen LogP contribution in [0, 0.1) is 6.92 Å². The molecule has 1 amide bonds. The Bertz CT molecular complexity index is 814. The molecule has 0 atom stereocenters. The van der Waals surface area contributed by atoms with Gasteiger partial charge in [-0.2, -0.15) is 5.10 Å². The molecule has 2 aromatic rings. The maximum Gasteiger partial charge on any atom is 0.253 e. The minimum Gasteiger partial charge on any atom is -0.339 e. The summed E-state index contributed by atoms with van der Waals surface area (Å²) in [7, 11) is 0. The first-order valence-electron chi connectivity index (χ1n) is 9.16. The number of aryl methyl sites for hydroxylation is 1. The lowest BCUT2D eigenvalue weighted by atomic mass is 9.94. The van der Waals surface area contributed by atoms with Gasteiger partial charge in [0.25, 0.3) is 5.91 Å². The third-order valence-corrected chi connectivity index (χ3v) is 5.25. The van der Waals surface area contributed by atoms with Gasteiger partial charge >= 0.3 is 0 Å². The van der Waals surface area contributed by atoms with Crippen molar-refractivity contribution < 1.29 is 9.59 Å². The molecule has 0 spiro atoms. The number of rotatable bonds is 2. The van der Waals surface area contributed by atoms with Crippen LogP contribution in [0.2, 0.25) is 0 Å². The van der Waals surface area contributed by atoms with Gasteiger partial charge in [0, 0.05) is 25.1 Å². The number of aromatic nitrogens is 2. The molecule has 0 radical (unpaired) electrons. The molecular formula is C20H23N3O2. The molecular weight excluding hydrogens is 314 g/mol. The molecule has 1 aromatic heterocycles. The van der Waals surface area contributed by atoms with Crippen molar-refractivity contribution in [2.24, 2.45) is 0 Å². The average Bonchev–Trinajstić information content (AvgIpc) is 3.00. The van der Waals surface area contributed by atoms with Gasteiger partial charge in [-0.05, 0) is 63.3 Å². The van der Waals surface area contributed by atoms with Gasteiger partial charge in [0.15, 0.2) is 5.78 Å². The smallest absolute Gasteiger partial charge is 0.253 e. The van der Waals surface area contributed by atoms with E-state index in [4.69, 9.17) is 0 Å². The summed E-state index contributed by atoms with van der Waals surface area (Å²) < 4.78 is 1.87. The number of benzene rings is 1. The van der Waals surface area contributed by atoms with E-state index in [9.17, 15) is 9.59 Å². The molecule has 0 saturated carbocycles. The first-order chi connectivity index (χ1) is 12.1. The van der Waals surface area contributed by atoms with Gasteiger partial charge in [-0.3, -0.25) is 9.59 Å². The first kappa shape index (κ1) is 16.1. The molecule has 1 aliphatic carbocycles. The highest BCUT2D eigenvalue weighted by atomic mass is 16.2. The predicted molar refractivity (Wildman–Crippen MR) is 95.3 cm³/mol. The molecule has 1 saturated heterocycles. The summed E-state index contributed by atoms with van der Waals surface area (Å²) in [6, 6.07) is 7.62. The van der Waals surface area contributed by atoms with Crippen molar-refractivity contribution in [1.82, 2.24) is 14.7 Å². The van der Waals surface area contributed by atoms with E-state index in [-0.39, 0.29) is 11.7 Å². The fraction of sp³-hybridized carbons (Fsp3) is 0.450. The minimum atomic E-state index is 0.111. The van der Waals surface area contributed by atoms with Crippen LogP contribution in [0.4, 0.5) is 0 Å². The molecule has 5 heteroatoms. The minimum absolute atomic E-state index is 0.111. The zero-order valence-electron chi connectivity index (χ0n) is 14.6. The van der Waals surface area contributed by atoms with Crippen LogP contribution in [0.1, 0.15) is 64.2 Å². The van der Waals surface area contributed by atoms with Gasteiger partial charge in [0.2, 0.25) is 0 Å². The fourth-order valence-corrected chi connectivity index (χ4v) is 3.95. The van der Waals surface area contributed by atoms with E-state index in [0.29, 0.717) is 6.42 Å². The number of piperidine rings is 1. The summed E-state index contributed by atoms with van der Waals surface area (Å²) in [5, 5.41) is 4.58. The number of hydrogen-bond acceptors (Lipinski definition) is 3. The SMILES string of the molecule is Cc1nn(-c2ccc(C(=O)N3CCCCC3)cc2)c2c1C(=O)CCC2. The van der Waals surface area contributed by atoms with Crippen molar-refractivity contribution in [2.45, 2.75) is 45.4 Å². The lowest BCUT2D eigenvalue weighted by Crippen LogP contribution is -2.35. The van der Waals surface area contributed by atoms with Gasteiger partial charge in [-0.1, -0.05) is 0 Å². The lowest BCUT2D eigenvalue weighted by Gasteiger charge is -2.26. The number of carbonyl (C=O) groups excluding carboxylic acids is 2. The van der Waals surface area contributed by atoms with Gasteiger partial charge in [0.1, 0.15) is 0 Å². The number of carbonyl (C=O) groups is 2. The van der Waals surface area contributed by atoms with Crippen molar-refractivity contribution in [1.29, 1.82) is 0 Å². The third-order valence-electron chi connectivity index (χ3n) is 5.25. The van der Waals surface area contributed by atoms with Crippen LogP contribution in [0.5, 0.6) is 0 Å². The van der Waals surface area contributed by atoms with Crippen LogP contribution in [-0.4, -0.2) is 39.5 Å². The van der Waals surface area contributed by atoms with Gasteiger partial charge < -0.3 is 4.90 Å². The Kier molecular flexibility index (Phi) is 4.15. The number of nitrogens with zero attached hydrogens (tertiary/aromatic N) is 3. The molecule has 4 rings (SSSR count). The maximum atomic E-state index is 12.6. The Morgan fingerprint density at radius 3 is 2.44 bits per heavy atom. The second-order valence-corrected chi connectivity index (χ2v) is 7.00. The summed E-state index contributed by atoms with van der Waals surface area (Å²) in [6.45, 7) is 3.61. The summed E-state index contributed by atoms with van der Waals surface area (Å²) >= 11 is 0. The highest BCUT2D eigenvalue weighted by Gasteiger charge is 2.25. The van der Waals surface area contributed by atoms with Crippen LogP contribution in [0.25, 0.3) is 5.69 Å². The molecule has 0 N–H and O–H groups in total. The molecule has 2 heterocycles. The van der Waals surface area contributed by atoms with Gasteiger partial charge in [0.05, 0.1) is 22.6 Å². The summed E-state index contributed by atoms with van der Waals surface area (Å²) in [5.74, 6) is 0.307. The molecule has 1 aliphatic heterocycles. The molecule has 2 aliphatic rings. The van der Waals surface area contributed by atoms with Gasteiger partial charge in [-0.15, -0.1) is 0 Å². The van der Waals surface area contributed by atoms with E-state index >= 15 is 0 Å². The Labute approximate surface area is 147 Å². The van der Waals surface area contributed by atoms with E-state index in [1.165, 1.54) is 6.42 Å². The van der Waals surface area contributed by atoms with Crippen LogP contribution in [0.3, 0.4) is 0 Å². The first-order valence-corrected chi connectivity index (χ1v) is 9.16. The van der Waals surface area contributed by atoms with E-state index < -0.39 is 0 Å². The number of likely N-dealkylation sites (tertiary alicyclic amines) is 1. The van der Waals surface area contributed by atoms with Crippen molar-refractivity contribution in [3.8, 4) is 5.69 Å². The van der Waals surface area contributed by atoms with Crippen molar-refractivity contribution in [3.05, 3.63) is 46.8 Å². The normalized spacial score (nSPS) is 17.5. The second-order valence-electron chi connectivity index (χ2n) is 7.00. The van der Waals surface area contributed by atoms with Crippen LogP contribution >= 0.6 is 0 Å². The predicted octanol–water partition coefficient (Wildman–Crippen LogP) is 3.33. The zero-order chi connectivity index (χ0) is 17.4. The van der Waals surface area contributed by atoms with Gasteiger partial charge in [-0.25, -0.2) is 4.68 Å². The summed E-state index contributed by atoms with van der Waals surface area (Å²) in [4.78, 5) is 26.7.